The lowest BCUT2D eigenvalue weighted by atomic mass is 9.93. The summed E-state index contributed by atoms with van der Waals surface area (Å²) in [6.45, 7) is 2.21. The molecule has 2 atom stereocenters. The highest BCUT2D eigenvalue weighted by Gasteiger charge is 2.37. The Bertz CT molecular complexity index is 754. The first-order valence-electron chi connectivity index (χ1n) is 7.44. The minimum atomic E-state index is -4.80. The molecule has 5 nitrogen and oxygen atoms in total. The molecule has 0 unspecified atom stereocenters. The van der Waals surface area contributed by atoms with Crippen molar-refractivity contribution >= 4 is 10.0 Å². The predicted molar refractivity (Wildman–Crippen MR) is 81.3 cm³/mol. The van der Waals surface area contributed by atoms with Crippen molar-refractivity contribution in [1.82, 2.24) is 4.31 Å². The number of hydrogen-bond donors (Lipinski definition) is 1. The smallest absolute Gasteiger partial charge is 0.328 e. The number of rotatable bonds is 3. The predicted octanol–water partition coefficient (Wildman–Crippen LogP) is 2.32. The largest absolute Gasteiger partial charge is 0.417 e. The van der Waals surface area contributed by atoms with E-state index in [2.05, 4.69) is 0 Å². The van der Waals surface area contributed by atoms with E-state index in [0.717, 1.165) is 18.6 Å². The minimum Gasteiger partial charge on any atom is -0.328 e. The van der Waals surface area contributed by atoms with Gasteiger partial charge in [0.15, 0.2) is 0 Å². The molecule has 2 rings (SSSR count). The van der Waals surface area contributed by atoms with Crippen LogP contribution in [0.25, 0.3) is 0 Å². The van der Waals surface area contributed by atoms with Gasteiger partial charge in [-0.25, -0.2) is 8.42 Å². The van der Waals surface area contributed by atoms with Gasteiger partial charge in [-0.3, -0.25) is 0 Å². The van der Waals surface area contributed by atoms with Gasteiger partial charge in [0.05, 0.1) is 22.1 Å². The number of hydrogen-bond acceptors (Lipinski definition) is 4. The van der Waals surface area contributed by atoms with Gasteiger partial charge in [0.2, 0.25) is 10.0 Å². The number of alkyl halides is 3. The lowest BCUT2D eigenvalue weighted by Gasteiger charge is -2.33. The van der Waals surface area contributed by atoms with Crippen LogP contribution in [0.2, 0.25) is 0 Å². The molecule has 0 aromatic heterocycles. The summed E-state index contributed by atoms with van der Waals surface area (Å²) in [7, 11) is -4.07. The van der Waals surface area contributed by atoms with E-state index in [1.54, 1.807) is 6.92 Å². The fourth-order valence-electron chi connectivity index (χ4n) is 2.79. The second-order valence-corrected chi connectivity index (χ2v) is 7.88. The third-order valence-corrected chi connectivity index (χ3v) is 6.08. The highest BCUT2D eigenvalue weighted by atomic mass is 32.2. The fourth-order valence-corrected chi connectivity index (χ4v) is 4.35. The molecule has 1 aliphatic rings. The van der Waals surface area contributed by atoms with E-state index >= 15 is 0 Å². The van der Waals surface area contributed by atoms with Crippen LogP contribution in [0.4, 0.5) is 13.2 Å². The van der Waals surface area contributed by atoms with Crippen LogP contribution in [0, 0.1) is 17.2 Å². The lowest BCUT2D eigenvalue weighted by Crippen LogP contribution is -2.45. The highest BCUT2D eigenvalue weighted by Crippen LogP contribution is 2.34. The van der Waals surface area contributed by atoms with Gasteiger partial charge in [-0.05, 0) is 43.9 Å². The van der Waals surface area contributed by atoms with Gasteiger partial charge in [-0.2, -0.15) is 22.7 Å². The van der Waals surface area contributed by atoms with Crippen molar-refractivity contribution in [2.75, 3.05) is 13.1 Å². The summed E-state index contributed by atoms with van der Waals surface area (Å²) in [5.74, 6) is -0.0333. The van der Waals surface area contributed by atoms with E-state index in [0.29, 0.717) is 12.5 Å². The number of nitrogens with zero attached hydrogens (tertiary/aromatic N) is 2. The molecule has 24 heavy (non-hydrogen) atoms. The Kier molecular flexibility index (Phi) is 5.22. The SMILES string of the molecule is C[C@@H](N)[C@H]1CCCN(S(=O)(=O)c2ccc(C#N)c(C(F)(F)F)c2)C1. The maximum absolute atomic E-state index is 13.0. The van der Waals surface area contributed by atoms with Crippen LogP contribution in [0.5, 0.6) is 0 Å². The van der Waals surface area contributed by atoms with Crippen LogP contribution in [0.15, 0.2) is 23.1 Å². The molecule has 0 spiro atoms. The van der Waals surface area contributed by atoms with Gasteiger partial charge in [-0.15, -0.1) is 0 Å². The number of halogens is 3. The molecule has 0 saturated carbocycles. The molecule has 9 heteroatoms. The second-order valence-electron chi connectivity index (χ2n) is 5.94. The standard InChI is InChI=1S/C15H18F3N3O2S/c1-10(20)12-3-2-6-21(9-12)24(22,23)13-5-4-11(8-19)14(7-13)15(16,17)18/h4-5,7,10,12H,2-3,6,9,20H2,1H3/t10-,12+/m1/s1. The summed E-state index contributed by atoms with van der Waals surface area (Å²) in [4.78, 5) is -0.459. The number of nitriles is 1. The van der Waals surface area contributed by atoms with Gasteiger partial charge in [0, 0.05) is 19.1 Å². The zero-order valence-corrected chi connectivity index (χ0v) is 13.9. The Morgan fingerprint density at radius 1 is 1.42 bits per heavy atom. The normalized spacial score (nSPS) is 21.2. The summed E-state index contributed by atoms with van der Waals surface area (Å²) in [6.07, 6.45) is -3.41. The van der Waals surface area contributed by atoms with Crippen molar-refractivity contribution in [2.45, 2.75) is 36.9 Å². The van der Waals surface area contributed by atoms with Gasteiger partial charge >= 0.3 is 6.18 Å². The molecule has 132 valence electrons. The second kappa shape index (κ2) is 6.70. The average Bonchev–Trinajstić information content (AvgIpc) is 2.53. The lowest BCUT2D eigenvalue weighted by molar-refractivity contribution is -0.137. The Morgan fingerprint density at radius 2 is 2.08 bits per heavy atom. The van der Waals surface area contributed by atoms with Crippen molar-refractivity contribution in [3.8, 4) is 6.07 Å². The number of benzene rings is 1. The van der Waals surface area contributed by atoms with Crippen LogP contribution in [0.1, 0.15) is 30.9 Å². The first-order chi connectivity index (χ1) is 11.1. The van der Waals surface area contributed by atoms with Crippen molar-refractivity contribution in [3.63, 3.8) is 0 Å². The molecule has 1 saturated heterocycles. The number of sulfonamides is 1. The van der Waals surface area contributed by atoms with Crippen LogP contribution >= 0.6 is 0 Å². The van der Waals surface area contributed by atoms with Crippen LogP contribution < -0.4 is 5.73 Å². The zero-order valence-electron chi connectivity index (χ0n) is 13.0. The quantitative estimate of drug-likeness (QED) is 0.895. The average molecular weight is 361 g/mol. The maximum atomic E-state index is 13.0. The van der Waals surface area contributed by atoms with Crippen molar-refractivity contribution in [3.05, 3.63) is 29.3 Å². The third kappa shape index (κ3) is 3.71. The highest BCUT2D eigenvalue weighted by molar-refractivity contribution is 7.89. The summed E-state index contributed by atoms with van der Waals surface area (Å²) in [5, 5.41) is 8.80. The van der Waals surface area contributed by atoms with Crippen LogP contribution in [-0.2, 0) is 16.2 Å². The molecule has 1 aliphatic heterocycles. The molecule has 0 radical (unpaired) electrons. The van der Waals surface area contributed by atoms with E-state index in [4.69, 9.17) is 11.0 Å². The van der Waals surface area contributed by atoms with E-state index in [9.17, 15) is 21.6 Å². The first kappa shape index (κ1) is 18.7. The van der Waals surface area contributed by atoms with E-state index in [-0.39, 0.29) is 25.0 Å². The molecule has 0 bridgehead atoms. The molecule has 0 amide bonds. The Balaban J connectivity index is 2.41. The van der Waals surface area contributed by atoms with E-state index in [1.807, 2.05) is 0 Å². The van der Waals surface area contributed by atoms with Crippen LogP contribution in [-0.4, -0.2) is 31.9 Å². The van der Waals surface area contributed by atoms with E-state index in [1.165, 1.54) is 10.4 Å². The minimum absolute atomic E-state index is 0.0333. The molecular weight excluding hydrogens is 343 g/mol. The molecule has 1 aromatic carbocycles. The van der Waals surface area contributed by atoms with Crippen molar-refractivity contribution < 1.29 is 21.6 Å². The molecule has 1 fully saturated rings. The monoisotopic (exact) mass is 361 g/mol. The fraction of sp³-hybridized carbons (Fsp3) is 0.533. The Morgan fingerprint density at radius 3 is 2.62 bits per heavy atom. The van der Waals surface area contributed by atoms with Gasteiger partial charge in [0.25, 0.3) is 0 Å². The molecule has 1 aromatic rings. The van der Waals surface area contributed by atoms with Gasteiger partial charge in [-0.1, -0.05) is 0 Å². The Labute approximate surface area is 138 Å². The third-order valence-electron chi connectivity index (χ3n) is 4.22. The Hall–Kier alpha value is -1.63. The van der Waals surface area contributed by atoms with Crippen molar-refractivity contribution in [1.29, 1.82) is 5.26 Å². The summed E-state index contributed by atoms with van der Waals surface area (Å²) in [6, 6.07) is 3.70. The van der Waals surface area contributed by atoms with Gasteiger partial charge in [0.1, 0.15) is 0 Å². The van der Waals surface area contributed by atoms with E-state index < -0.39 is 32.2 Å². The topological polar surface area (TPSA) is 87.2 Å². The number of piperidine rings is 1. The molecule has 0 aliphatic carbocycles. The molecule has 1 heterocycles. The summed E-state index contributed by atoms with van der Waals surface area (Å²) >= 11 is 0. The van der Waals surface area contributed by atoms with Crippen molar-refractivity contribution in [2.24, 2.45) is 11.7 Å². The summed E-state index contributed by atoms with van der Waals surface area (Å²) in [5.41, 5.74) is 3.98. The molecule has 2 N–H and O–H groups in total. The number of nitrogens with two attached hydrogens (primary N) is 1. The van der Waals surface area contributed by atoms with Crippen LogP contribution in [0.3, 0.4) is 0 Å². The summed E-state index contributed by atoms with van der Waals surface area (Å²) < 4.78 is 65.6. The molecular formula is C15H18F3N3O2S. The maximum Gasteiger partial charge on any atom is 0.417 e. The van der Waals surface area contributed by atoms with Gasteiger partial charge < -0.3 is 5.73 Å². The zero-order chi connectivity index (χ0) is 18.1. The first-order valence-corrected chi connectivity index (χ1v) is 8.88.